The number of carbonyl (C=O) groups is 1. The van der Waals surface area contributed by atoms with Crippen molar-refractivity contribution in [3.05, 3.63) is 29.8 Å². The second-order valence-corrected chi connectivity index (χ2v) is 5.11. The van der Waals surface area contributed by atoms with Crippen LogP contribution in [0.5, 0.6) is 0 Å². The van der Waals surface area contributed by atoms with Gasteiger partial charge in [-0.2, -0.15) is 0 Å². The van der Waals surface area contributed by atoms with Gasteiger partial charge in [0.1, 0.15) is 0 Å². The zero-order chi connectivity index (χ0) is 14.3. The summed E-state index contributed by atoms with van der Waals surface area (Å²) in [5, 5.41) is 11.8. The van der Waals surface area contributed by atoms with E-state index in [0.29, 0.717) is 18.2 Å². The van der Waals surface area contributed by atoms with E-state index in [4.69, 9.17) is 10.8 Å². The maximum absolute atomic E-state index is 12.0. The molecule has 4 heteroatoms. The first-order valence-corrected chi connectivity index (χ1v) is 6.78. The average Bonchev–Trinajstić information content (AvgIpc) is 2.42. The third-order valence-corrected chi connectivity index (χ3v) is 3.29. The number of hydrogen-bond acceptors (Lipinski definition) is 3. The first-order chi connectivity index (χ1) is 9.04. The minimum Gasteiger partial charge on any atom is -0.399 e. The molecule has 4 N–H and O–H groups in total. The van der Waals surface area contributed by atoms with Gasteiger partial charge in [-0.25, -0.2) is 0 Å². The van der Waals surface area contributed by atoms with Gasteiger partial charge >= 0.3 is 0 Å². The summed E-state index contributed by atoms with van der Waals surface area (Å²) >= 11 is 0. The molecule has 106 valence electrons. The smallest absolute Gasteiger partial charge is 0.227 e. The number of amides is 1. The Morgan fingerprint density at radius 3 is 2.79 bits per heavy atom. The number of benzene rings is 1. The van der Waals surface area contributed by atoms with Gasteiger partial charge in [0.05, 0.1) is 5.92 Å². The van der Waals surface area contributed by atoms with Gasteiger partial charge in [0.25, 0.3) is 0 Å². The first-order valence-electron chi connectivity index (χ1n) is 6.78. The Morgan fingerprint density at radius 2 is 2.16 bits per heavy atom. The molecule has 0 aromatic heterocycles. The summed E-state index contributed by atoms with van der Waals surface area (Å²) in [4.78, 5) is 12.0. The lowest BCUT2D eigenvalue weighted by Crippen LogP contribution is -2.29. The topological polar surface area (TPSA) is 75.3 Å². The lowest BCUT2D eigenvalue weighted by atomic mass is 9.99. The Labute approximate surface area is 115 Å². The number of hydrogen-bond donors (Lipinski definition) is 3. The first kappa shape index (κ1) is 15.5. The fraction of sp³-hybridized carbons (Fsp3) is 0.533. The quantitative estimate of drug-likeness (QED) is 0.520. The molecular weight excluding hydrogens is 240 g/mol. The van der Waals surface area contributed by atoms with Crippen molar-refractivity contribution in [3.63, 3.8) is 0 Å². The summed E-state index contributed by atoms with van der Waals surface area (Å²) in [6.45, 7) is 4.72. The van der Waals surface area contributed by atoms with Gasteiger partial charge in [-0.05, 0) is 43.4 Å². The highest BCUT2D eigenvalue weighted by Gasteiger charge is 2.14. The molecule has 0 aliphatic heterocycles. The molecule has 0 saturated carbocycles. The summed E-state index contributed by atoms with van der Waals surface area (Å²) in [6.07, 6.45) is 1.81. The van der Waals surface area contributed by atoms with Gasteiger partial charge in [0, 0.05) is 18.8 Å². The molecule has 0 heterocycles. The van der Waals surface area contributed by atoms with Crippen LogP contribution in [0.1, 0.15) is 38.2 Å². The van der Waals surface area contributed by atoms with Crippen LogP contribution in [-0.4, -0.2) is 24.2 Å². The molecule has 0 saturated heterocycles. The SMILES string of the molecule is CC(CO)CCCNC(=O)C(C)c1cccc(N)c1. The number of rotatable bonds is 7. The molecule has 0 spiro atoms. The summed E-state index contributed by atoms with van der Waals surface area (Å²) in [6, 6.07) is 7.41. The normalized spacial score (nSPS) is 13.8. The van der Waals surface area contributed by atoms with Crippen LogP contribution in [-0.2, 0) is 4.79 Å². The van der Waals surface area contributed by atoms with Gasteiger partial charge in [0.15, 0.2) is 0 Å². The maximum atomic E-state index is 12.0. The largest absolute Gasteiger partial charge is 0.399 e. The molecular formula is C15H24N2O2. The molecule has 0 radical (unpaired) electrons. The lowest BCUT2D eigenvalue weighted by molar-refractivity contribution is -0.122. The highest BCUT2D eigenvalue weighted by atomic mass is 16.3. The van der Waals surface area contributed by atoms with Gasteiger partial charge in [-0.3, -0.25) is 4.79 Å². The van der Waals surface area contributed by atoms with Crippen molar-refractivity contribution in [1.82, 2.24) is 5.32 Å². The van der Waals surface area contributed by atoms with E-state index in [0.717, 1.165) is 18.4 Å². The van der Waals surface area contributed by atoms with E-state index in [9.17, 15) is 4.79 Å². The highest BCUT2D eigenvalue weighted by Crippen LogP contribution is 2.17. The lowest BCUT2D eigenvalue weighted by Gasteiger charge is -2.13. The third-order valence-electron chi connectivity index (χ3n) is 3.29. The third kappa shape index (κ3) is 5.30. The van der Waals surface area contributed by atoms with E-state index in [1.54, 1.807) is 0 Å². The Kier molecular flexibility index (Phi) is 6.36. The van der Waals surface area contributed by atoms with E-state index in [-0.39, 0.29) is 18.4 Å². The zero-order valence-electron chi connectivity index (χ0n) is 11.7. The Bertz CT molecular complexity index is 407. The van der Waals surface area contributed by atoms with Gasteiger partial charge in [0.2, 0.25) is 5.91 Å². The number of aliphatic hydroxyl groups excluding tert-OH is 1. The number of nitrogens with two attached hydrogens (primary N) is 1. The van der Waals surface area contributed by atoms with Crippen LogP contribution in [0.4, 0.5) is 5.69 Å². The summed E-state index contributed by atoms with van der Waals surface area (Å²) in [7, 11) is 0. The van der Waals surface area contributed by atoms with Crippen molar-refractivity contribution < 1.29 is 9.90 Å². The summed E-state index contributed by atoms with van der Waals surface area (Å²) in [5.74, 6) is 0.115. The van der Waals surface area contributed by atoms with E-state index in [1.165, 1.54) is 0 Å². The van der Waals surface area contributed by atoms with Crippen molar-refractivity contribution in [1.29, 1.82) is 0 Å². The number of aliphatic hydroxyl groups is 1. The predicted molar refractivity (Wildman–Crippen MR) is 77.8 cm³/mol. The van der Waals surface area contributed by atoms with Crippen molar-refractivity contribution >= 4 is 11.6 Å². The Morgan fingerprint density at radius 1 is 1.42 bits per heavy atom. The summed E-state index contributed by atoms with van der Waals surface area (Å²) in [5.41, 5.74) is 7.32. The van der Waals surface area contributed by atoms with Crippen molar-refractivity contribution in [3.8, 4) is 0 Å². The fourth-order valence-corrected chi connectivity index (χ4v) is 1.89. The molecule has 2 atom stereocenters. The summed E-state index contributed by atoms with van der Waals surface area (Å²) < 4.78 is 0. The van der Waals surface area contributed by atoms with Gasteiger partial charge in [-0.15, -0.1) is 0 Å². The molecule has 1 aromatic rings. The molecule has 1 amide bonds. The fourth-order valence-electron chi connectivity index (χ4n) is 1.89. The van der Waals surface area contributed by atoms with E-state index >= 15 is 0 Å². The molecule has 0 aliphatic carbocycles. The number of anilines is 1. The standard InChI is InChI=1S/C15H24N2O2/c1-11(10-18)5-4-8-17-15(19)12(2)13-6-3-7-14(16)9-13/h3,6-7,9,11-12,18H,4-5,8,10,16H2,1-2H3,(H,17,19). The minimum absolute atomic E-state index is 0.0160. The van der Waals surface area contributed by atoms with Crippen LogP contribution in [0, 0.1) is 5.92 Å². The zero-order valence-corrected chi connectivity index (χ0v) is 11.7. The molecule has 0 bridgehead atoms. The van der Waals surface area contributed by atoms with Gasteiger partial charge < -0.3 is 16.2 Å². The van der Waals surface area contributed by atoms with Crippen LogP contribution in [0.25, 0.3) is 0 Å². The minimum atomic E-state index is -0.196. The average molecular weight is 264 g/mol. The van der Waals surface area contributed by atoms with Crippen molar-refractivity contribution in [2.45, 2.75) is 32.6 Å². The second-order valence-electron chi connectivity index (χ2n) is 5.11. The number of nitrogens with one attached hydrogen (secondary N) is 1. The van der Waals surface area contributed by atoms with Crippen molar-refractivity contribution in [2.24, 2.45) is 5.92 Å². The van der Waals surface area contributed by atoms with Crippen LogP contribution < -0.4 is 11.1 Å². The molecule has 19 heavy (non-hydrogen) atoms. The van der Waals surface area contributed by atoms with Crippen LogP contribution in [0.3, 0.4) is 0 Å². The van der Waals surface area contributed by atoms with Gasteiger partial charge in [-0.1, -0.05) is 19.1 Å². The van der Waals surface area contributed by atoms with Crippen LogP contribution in [0.2, 0.25) is 0 Å². The Hall–Kier alpha value is -1.55. The highest BCUT2D eigenvalue weighted by molar-refractivity contribution is 5.83. The number of nitrogen functional groups attached to an aromatic ring is 1. The maximum Gasteiger partial charge on any atom is 0.227 e. The molecule has 2 unspecified atom stereocenters. The van der Waals surface area contributed by atoms with Crippen molar-refractivity contribution in [2.75, 3.05) is 18.9 Å². The van der Waals surface area contributed by atoms with Crippen LogP contribution >= 0.6 is 0 Å². The van der Waals surface area contributed by atoms with Crippen LogP contribution in [0.15, 0.2) is 24.3 Å². The second kappa shape index (κ2) is 7.79. The van der Waals surface area contributed by atoms with E-state index in [1.807, 2.05) is 38.1 Å². The monoisotopic (exact) mass is 264 g/mol. The van der Waals surface area contributed by atoms with E-state index < -0.39 is 0 Å². The molecule has 1 aromatic carbocycles. The number of carbonyl (C=O) groups excluding carboxylic acids is 1. The molecule has 4 nitrogen and oxygen atoms in total. The molecule has 1 rings (SSSR count). The Balaban J connectivity index is 2.37. The molecule has 0 fully saturated rings. The van der Waals surface area contributed by atoms with E-state index in [2.05, 4.69) is 5.32 Å². The predicted octanol–water partition coefficient (Wildman–Crippen LogP) is 1.90. The molecule has 0 aliphatic rings.